The van der Waals surface area contributed by atoms with E-state index in [2.05, 4.69) is 15.7 Å². The third-order valence-corrected chi connectivity index (χ3v) is 4.91. The third-order valence-electron chi connectivity index (χ3n) is 3.82. The Bertz CT molecular complexity index is 1070. The second-order valence-electron chi connectivity index (χ2n) is 6.56. The van der Waals surface area contributed by atoms with Gasteiger partial charge in [-0.15, -0.1) is 11.3 Å². The van der Waals surface area contributed by atoms with Crippen LogP contribution in [0.2, 0.25) is 0 Å². The third kappa shape index (κ3) is 4.77. The molecule has 3 aromatic rings. The second-order valence-corrected chi connectivity index (χ2v) is 7.59. The van der Waals surface area contributed by atoms with Crippen molar-refractivity contribution < 1.29 is 23.5 Å². The summed E-state index contributed by atoms with van der Waals surface area (Å²) in [6, 6.07) is 6.68. The highest BCUT2D eigenvalue weighted by atomic mass is 32.1. The number of aryl methyl sites for hydroxylation is 1. The van der Waals surface area contributed by atoms with E-state index in [1.54, 1.807) is 43.7 Å². The summed E-state index contributed by atoms with van der Waals surface area (Å²) >= 11 is 1.15. The molecule has 2 heterocycles. The van der Waals surface area contributed by atoms with Gasteiger partial charge in [0.15, 0.2) is 6.61 Å². The number of rotatable bonds is 5. The summed E-state index contributed by atoms with van der Waals surface area (Å²) < 4.78 is 19.8. The molecule has 10 heteroatoms. The number of nitrogens with zero attached hydrogens (tertiary/aromatic N) is 2. The number of carbonyl (C=O) groups is 3. The van der Waals surface area contributed by atoms with Gasteiger partial charge >= 0.3 is 12.0 Å². The Kier molecular flexibility index (Phi) is 5.92. The normalized spacial score (nSPS) is 10.9. The van der Waals surface area contributed by atoms with Gasteiger partial charge in [-0.1, -0.05) is 0 Å². The molecule has 0 aliphatic heterocycles. The second kappa shape index (κ2) is 8.39. The highest BCUT2D eigenvalue weighted by Crippen LogP contribution is 2.30. The van der Waals surface area contributed by atoms with Gasteiger partial charge in [0.05, 0.1) is 11.4 Å². The lowest BCUT2D eigenvalue weighted by atomic mass is 10.3. The Morgan fingerprint density at radius 2 is 1.93 bits per heavy atom. The van der Waals surface area contributed by atoms with Gasteiger partial charge in [0.1, 0.15) is 15.5 Å². The van der Waals surface area contributed by atoms with Crippen LogP contribution in [0.5, 0.6) is 0 Å². The summed E-state index contributed by atoms with van der Waals surface area (Å²) in [6.07, 6.45) is 0. The van der Waals surface area contributed by atoms with Crippen LogP contribution in [0, 0.1) is 12.7 Å². The number of aromatic nitrogens is 2. The number of thiophene rings is 1. The molecule has 0 atom stereocenters. The van der Waals surface area contributed by atoms with Crippen LogP contribution < -0.4 is 10.6 Å². The molecule has 0 aliphatic rings. The van der Waals surface area contributed by atoms with Crippen LogP contribution in [-0.4, -0.2) is 40.3 Å². The summed E-state index contributed by atoms with van der Waals surface area (Å²) in [6.45, 7) is 4.72. The van der Waals surface area contributed by atoms with Crippen LogP contribution in [0.3, 0.4) is 0 Å². The van der Waals surface area contributed by atoms with Gasteiger partial charge in [-0.25, -0.2) is 18.7 Å². The summed E-state index contributed by atoms with van der Waals surface area (Å²) in [7, 11) is 0. The number of esters is 1. The Balaban J connectivity index is 1.71. The Hall–Kier alpha value is -3.27. The smallest absolute Gasteiger partial charge is 0.348 e. The minimum atomic E-state index is -0.730. The van der Waals surface area contributed by atoms with Crippen LogP contribution in [-0.2, 0) is 9.53 Å². The monoisotopic (exact) mass is 418 g/mol. The topological polar surface area (TPSA) is 102 Å². The van der Waals surface area contributed by atoms with Gasteiger partial charge in [0, 0.05) is 11.4 Å². The van der Waals surface area contributed by atoms with E-state index < -0.39 is 24.5 Å². The first kappa shape index (κ1) is 20.5. The largest absolute Gasteiger partial charge is 0.451 e. The first-order chi connectivity index (χ1) is 13.7. The molecule has 0 spiro atoms. The predicted octanol–water partition coefficient (Wildman–Crippen LogP) is 2.93. The Morgan fingerprint density at radius 1 is 1.24 bits per heavy atom. The standard InChI is InChI=1S/C19H19FN4O4S/c1-10(2)21-19(27)22-16(25)9-28-18(26)15-8-14-11(3)23-24(17(14)29-15)13-6-4-12(20)5-7-13/h4-8,10H,9H2,1-3H3,(H2,21,22,25,27). The number of hydrogen-bond acceptors (Lipinski definition) is 6. The van der Waals surface area contributed by atoms with Gasteiger partial charge < -0.3 is 10.1 Å². The maximum Gasteiger partial charge on any atom is 0.348 e. The molecular formula is C19H19FN4O4S. The molecule has 1 aromatic carbocycles. The number of carbonyl (C=O) groups excluding carboxylic acids is 3. The van der Waals surface area contributed by atoms with Crippen LogP contribution in [0.25, 0.3) is 15.9 Å². The van der Waals surface area contributed by atoms with E-state index in [1.165, 1.54) is 12.1 Å². The van der Waals surface area contributed by atoms with Crippen molar-refractivity contribution in [1.82, 2.24) is 20.4 Å². The number of benzene rings is 1. The van der Waals surface area contributed by atoms with Crippen molar-refractivity contribution in [2.45, 2.75) is 26.8 Å². The lowest BCUT2D eigenvalue weighted by Crippen LogP contribution is -2.44. The van der Waals surface area contributed by atoms with E-state index in [0.717, 1.165) is 16.7 Å². The SMILES string of the molecule is Cc1nn(-c2ccc(F)cc2)c2sc(C(=O)OCC(=O)NC(=O)NC(C)C)cc12. The van der Waals surface area contributed by atoms with E-state index in [9.17, 15) is 18.8 Å². The van der Waals surface area contributed by atoms with Crippen LogP contribution in [0.1, 0.15) is 29.2 Å². The van der Waals surface area contributed by atoms with Crippen molar-refractivity contribution in [3.05, 3.63) is 46.7 Å². The molecule has 0 aliphatic carbocycles. The Morgan fingerprint density at radius 3 is 2.59 bits per heavy atom. The molecule has 0 saturated carbocycles. The minimum Gasteiger partial charge on any atom is -0.451 e. The zero-order chi connectivity index (χ0) is 21.1. The summed E-state index contributed by atoms with van der Waals surface area (Å²) in [5, 5.41) is 9.75. The molecule has 0 unspecified atom stereocenters. The van der Waals surface area contributed by atoms with E-state index in [4.69, 9.17) is 4.74 Å². The first-order valence-corrected chi connectivity index (χ1v) is 9.59. The molecule has 29 heavy (non-hydrogen) atoms. The van der Waals surface area contributed by atoms with Crippen LogP contribution >= 0.6 is 11.3 Å². The molecule has 0 saturated heterocycles. The lowest BCUT2D eigenvalue weighted by molar-refractivity contribution is -0.123. The molecule has 0 bridgehead atoms. The maximum atomic E-state index is 13.2. The number of nitrogens with one attached hydrogen (secondary N) is 2. The maximum absolute atomic E-state index is 13.2. The zero-order valence-corrected chi connectivity index (χ0v) is 16.8. The number of imide groups is 1. The van der Waals surface area contributed by atoms with Crippen molar-refractivity contribution in [3.8, 4) is 5.69 Å². The van der Waals surface area contributed by atoms with Crippen molar-refractivity contribution >= 4 is 39.5 Å². The number of amides is 3. The predicted molar refractivity (Wildman–Crippen MR) is 106 cm³/mol. The lowest BCUT2D eigenvalue weighted by Gasteiger charge is -2.09. The summed E-state index contributed by atoms with van der Waals surface area (Å²) in [4.78, 5) is 36.5. The van der Waals surface area contributed by atoms with Gasteiger partial charge in [-0.05, 0) is 51.1 Å². The van der Waals surface area contributed by atoms with Crippen molar-refractivity contribution in [1.29, 1.82) is 0 Å². The fraction of sp³-hybridized carbons (Fsp3) is 0.263. The first-order valence-electron chi connectivity index (χ1n) is 8.77. The van der Waals surface area contributed by atoms with E-state index in [1.807, 2.05) is 0 Å². The van der Waals surface area contributed by atoms with Crippen LogP contribution in [0.4, 0.5) is 9.18 Å². The molecule has 0 radical (unpaired) electrons. The molecular weight excluding hydrogens is 399 g/mol. The summed E-state index contributed by atoms with van der Waals surface area (Å²) in [5.41, 5.74) is 1.35. The number of ether oxygens (including phenoxy) is 1. The van der Waals surface area contributed by atoms with Gasteiger partial charge in [-0.3, -0.25) is 10.1 Å². The average Bonchev–Trinajstić information content (AvgIpc) is 3.20. The van der Waals surface area contributed by atoms with Crippen molar-refractivity contribution in [2.24, 2.45) is 0 Å². The highest BCUT2D eigenvalue weighted by Gasteiger charge is 2.19. The van der Waals surface area contributed by atoms with Gasteiger partial charge in [0.25, 0.3) is 5.91 Å². The zero-order valence-electron chi connectivity index (χ0n) is 16.0. The molecule has 0 fully saturated rings. The average molecular weight is 418 g/mol. The number of urea groups is 1. The van der Waals surface area contributed by atoms with Crippen molar-refractivity contribution in [3.63, 3.8) is 0 Å². The fourth-order valence-electron chi connectivity index (χ4n) is 2.57. The van der Waals surface area contributed by atoms with Crippen molar-refractivity contribution in [2.75, 3.05) is 6.61 Å². The molecule has 2 aromatic heterocycles. The molecule has 152 valence electrons. The number of hydrogen-bond donors (Lipinski definition) is 2. The quantitative estimate of drug-likeness (QED) is 0.621. The molecule has 3 rings (SSSR count). The molecule has 3 amide bonds. The van der Waals surface area contributed by atoms with Gasteiger partial charge in [-0.2, -0.15) is 5.10 Å². The summed E-state index contributed by atoms with van der Waals surface area (Å²) in [5.74, 6) is -1.77. The molecule has 8 nitrogen and oxygen atoms in total. The van der Waals surface area contributed by atoms with Gasteiger partial charge in [0.2, 0.25) is 0 Å². The van der Waals surface area contributed by atoms with E-state index in [0.29, 0.717) is 16.2 Å². The highest BCUT2D eigenvalue weighted by molar-refractivity contribution is 7.20. The minimum absolute atomic E-state index is 0.132. The van der Waals surface area contributed by atoms with E-state index >= 15 is 0 Å². The number of halogens is 1. The fourth-order valence-corrected chi connectivity index (χ4v) is 3.64. The molecule has 2 N–H and O–H groups in total. The van der Waals surface area contributed by atoms with Crippen LogP contribution in [0.15, 0.2) is 30.3 Å². The Labute approximate surface area is 169 Å². The number of fused-ring (bicyclic) bond motifs is 1. The van der Waals surface area contributed by atoms with E-state index in [-0.39, 0.29) is 16.7 Å².